The van der Waals surface area contributed by atoms with Gasteiger partial charge >= 0.3 is 0 Å². The highest BCUT2D eigenvalue weighted by Gasteiger charge is 2.45. The molecule has 0 amide bonds. The molecular weight excluding hydrogens is 634 g/mol. The quantitative estimate of drug-likeness (QED) is 0.217. The standard InChI is InChI=1S/C34H4F6N8/c35-21-1-13(5-41)17(3-23(21)37)27-19(11-47)29-31(25(27)15(7-43)8-44)34(40)32-26(16(9-45)10-46)28(20(12-48)30(32)33(29)39)18-4-24(38)22(36)2-14(18)6-42/h1-4H. The Morgan fingerprint density at radius 3 is 1.02 bits per heavy atom. The van der Waals surface area contributed by atoms with Gasteiger partial charge in [0.1, 0.15) is 59.2 Å². The minimum atomic E-state index is -1.65. The van der Waals surface area contributed by atoms with E-state index in [9.17, 15) is 59.7 Å². The van der Waals surface area contributed by atoms with E-state index >= 15 is 8.78 Å². The topological polar surface area (TPSA) is 190 Å². The molecule has 0 unspecified atom stereocenters. The fourth-order valence-corrected chi connectivity index (χ4v) is 5.61. The van der Waals surface area contributed by atoms with Gasteiger partial charge in [0.05, 0.1) is 34.4 Å². The van der Waals surface area contributed by atoms with E-state index in [4.69, 9.17) is 0 Å². The summed E-state index contributed by atoms with van der Waals surface area (Å²) in [7, 11) is 0. The van der Waals surface area contributed by atoms with Crippen molar-refractivity contribution in [2.45, 2.75) is 0 Å². The van der Waals surface area contributed by atoms with Gasteiger partial charge in [-0.05, 0) is 24.3 Å². The van der Waals surface area contributed by atoms with E-state index in [0.29, 0.717) is 24.3 Å². The molecule has 3 aromatic carbocycles. The van der Waals surface area contributed by atoms with Crippen LogP contribution in [-0.2, 0) is 0 Å². The van der Waals surface area contributed by atoms with Crippen LogP contribution in [0.2, 0.25) is 0 Å². The van der Waals surface area contributed by atoms with Crippen LogP contribution in [0.4, 0.5) is 26.3 Å². The number of nitrogens with zero attached hydrogens (tertiary/aromatic N) is 8. The van der Waals surface area contributed by atoms with Gasteiger partial charge in [0.25, 0.3) is 0 Å². The summed E-state index contributed by atoms with van der Waals surface area (Å²) in [6.45, 7) is 0. The monoisotopic (exact) mass is 638 g/mol. The van der Waals surface area contributed by atoms with Crippen molar-refractivity contribution in [3.8, 4) is 48.6 Å². The van der Waals surface area contributed by atoms with E-state index in [1.54, 1.807) is 12.1 Å². The highest BCUT2D eigenvalue weighted by Crippen LogP contribution is 2.57. The number of rotatable bonds is 2. The molecule has 14 heteroatoms. The summed E-state index contributed by atoms with van der Waals surface area (Å²) in [4.78, 5) is 0. The van der Waals surface area contributed by atoms with Crippen LogP contribution >= 0.6 is 0 Å². The van der Waals surface area contributed by atoms with Crippen molar-refractivity contribution in [1.29, 1.82) is 42.1 Å². The molecule has 0 atom stereocenters. The van der Waals surface area contributed by atoms with Gasteiger partial charge in [-0.3, -0.25) is 0 Å². The molecular formula is C34H4F6N8. The smallest absolute Gasteiger partial charge is 0.160 e. The first-order chi connectivity index (χ1) is 23.0. The molecule has 2 aliphatic carbocycles. The van der Waals surface area contributed by atoms with E-state index in [-0.39, 0.29) is 0 Å². The second-order valence-electron chi connectivity index (χ2n) is 9.65. The predicted molar refractivity (Wildman–Crippen MR) is 150 cm³/mol. The zero-order valence-electron chi connectivity index (χ0n) is 23.2. The van der Waals surface area contributed by atoms with Crippen molar-refractivity contribution in [3.05, 3.63) is 115 Å². The summed E-state index contributed by atoms with van der Waals surface area (Å²) in [5.41, 5.74) is -13.7. The Balaban J connectivity index is 2.09. The lowest BCUT2D eigenvalue weighted by atomic mass is 9.87. The van der Waals surface area contributed by atoms with E-state index in [1.807, 2.05) is 0 Å². The number of allylic oxidation sites excluding steroid dienone is 8. The van der Waals surface area contributed by atoms with Crippen LogP contribution in [0, 0.1) is 126 Å². The second kappa shape index (κ2) is 11.6. The molecule has 0 radical (unpaired) electrons. The zero-order valence-corrected chi connectivity index (χ0v) is 23.2. The Hall–Kier alpha value is -7.88. The van der Waals surface area contributed by atoms with Gasteiger partial charge in [-0.25, -0.2) is 26.3 Å². The Morgan fingerprint density at radius 2 is 0.729 bits per heavy atom. The molecule has 3 aromatic rings. The maximum atomic E-state index is 17.1. The molecule has 0 saturated carbocycles. The number of benzene rings is 3. The maximum Gasteiger partial charge on any atom is 0.160 e. The number of hydrogen-bond acceptors (Lipinski definition) is 8. The lowest BCUT2D eigenvalue weighted by molar-refractivity contribution is 0.508. The third kappa shape index (κ3) is 4.18. The lowest BCUT2D eigenvalue weighted by Crippen LogP contribution is -2.05. The van der Waals surface area contributed by atoms with Crippen molar-refractivity contribution in [2.24, 2.45) is 0 Å². The summed E-state index contributed by atoms with van der Waals surface area (Å²) in [6.07, 6.45) is 0. The zero-order chi connectivity index (χ0) is 35.2. The summed E-state index contributed by atoms with van der Waals surface area (Å²) in [6, 6.07) is 13.6. The van der Waals surface area contributed by atoms with Crippen LogP contribution in [0.15, 0.2) is 35.4 Å². The molecule has 0 bridgehead atoms. The average Bonchev–Trinajstić information content (AvgIpc) is 3.61. The molecule has 0 N–H and O–H groups in total. The van der Waals surface area contributed by atoms with E-state index in [2.05, 4.69) is 0 Å². The van der Waals surface area contributed by atoms with Gasteiger partial charge in [0.15, 0.2) is 23.3 Å². The number of nitriles is 8. The Bertz CT molecular complexity index is 2400. The first-order valence-electron chi connectivity index (χ1n) is 12.7. The number of fused-ring (bicyclic) bond motifs is 2. The molecule has 5 rings (SSSR count). The van der Waals surface area contributed by atoms with Crippen molar-refractivity contribution in [3.63, 3.8) is 0 Å². The normalized spacial score (nSPS) is 12.4. The first kappa shape index (κ1) is 31.5. The van der Waals surface area contributed by atoms with Gasteiger partial charge < -0.3 is 0 Å². The van der Waals surface area contributed by atoms with Crippen molar-refractivity contribution >= 4 is 33.4 Å². The second-order valence-corrected chi connectivity index (χ2v) is 9.65. The minimum Gasteiger partial charge on any atom is -0.206 e. The average molecular weight is 638 g/mol. The van der Waals surface area contributed by atoms with E-state index < -0.39 is 124 Å². The molecule has 2 aliphatic rings. The largest absolute Gasteiger partial charge is 0.206 e. The fourth-order valence-electron chi connectivity index (χ4n) is 5.61. The maximum absolute atomic E-state index is 17.1. The molecule has 0 aliphatic heterocycles. The van der Waals surface area contributed by atoms with Crippen LogP contribution in [-0.4, -0.2) is 0 Å². The molecule has 48 heavy (non-hydrogen) atoms. The van der Waals surface area contributed by atoms with Crippen molar-refractivity contribution in [2.75, 3.05) is 0 Å². The van der Waals surface area contributed by atoms with Crippen LogP contribution in [0.5, 0.6) is 0 Å². The third-order valence-electron chi connectivity index (χ3n) is 7.45. The minimum absolute atomic E-state index is 0.405. The molecule has 8 nitrogen and oxygen atoms in total. The molecule has 0 heterocycles. The molecule has 0 saturated heterocycles. The Kier molecular flexibility index (Phi) is 7.60. The van der Waals surface area contributed by atoms with Gasteiger partial charge in [-0.1, -0.05) is 0 Å². The van der Waals surface area contributed by atoms with E-state index in [1.165, 1.54) is 36.4 Å². The van der Waals surface area contributed by atoms with Crippen LogP contribution < -0.4 is 0 Å². The van der Waals surface area contributed by atoms with Crippen LogP contribution in [0.3, 0.4) is 0 Å². The number of halogens is 6. The highest BCUT2D eigenvalue weighted by atomic mass is 19.2. The number of hydrogen-bond donors (Lipinski definition) is 0. The predicted octanol–water partition coefficient (Wildman–Crippen LogP) is 6.76. The molecule has 0 fully saturated rings. The summed E-state index contributed by atoms with van der Waals surface area (Å²) >= 11 is 0. The SMILES string of the molecule is N#CC(C#N)=C1C(c2cc(F)c(F)cc2C#N)=C(C#N)c2c(F)c3c(c(F)c21)C(=C(C#N)C#N)C(c1cc(F)c(F)cc1C#N)=C3C#N. The summed E-state index contributed by atoms with van der Waals surface area (Å²) < 4.78 is 91.3. The molecule has 0 aromatic heterocycles. The van der Waals surface area contributed by atoms with Gasteiger partial charge in [0, 0.05) is 55.7 Å². The molecule has 0 spiro atoms. The van der Waals surface area contributed by atoms with Crippen molar-refractivity contribution < 1.29 is 26.3 Å². The first-order valence-corrected chi connectivity index (χ1v) is 12.7. The fraction of sp³-hybridized carbons (Fsp3) is 0. The molecule has 222 valence electrons. The van der Waals surface area contributed by atoms with Crippen LogP contribution in [0.25, 0.3) is 33.4 Å². The van der Waals surface area contributed by atoms with Gasteiger partial charge in [-0.15, -0.1) is 0 Å². The Labute approximate surface area is 265 Å². The third-order valence-corrected chi connectivity index (χ3v) is 7.45. The Morgan fingerprint density at radius 1 is 0.417 bits per heavy atom. The summed E-state index contributed by atoms with van der Waals surface area (Å²) in [5, 5.41) is 79.0. The van der Waals surface area contributed by atoms with Crippen LogP contribution in [0.1, 0.15) is 44.5 Å². The highest BCUT2D eigenvalue weighted by molar-refractivity contribution is 6.30. The van der Waals surface area contributed by atoms with Gasteiger partial charge in [-0.2, -0.15) is 42.1 Å². The van der Waals surface area contributed by atoms with E-state index in [0.717, 1.165) is 0 Å². The van der Waals surface area contributed by atoms with Gasteiger partial charge in [0.2, 0.25) is 0 Å². The summed E-state index contributed by atoms with van der Waals surface area (Å²) in [5.74, 6) is -9.48. The van der Waals surface area contributed by atoms with Crippen molar-refractivity contribution in [1.82, 2.24) is 0 Å². The lowest BCUT2D eigenvalue weighted by Gasteiger charge is -2.15.